The van der Waals surface area contributed by atoms with Crippen LogP contribution in [-0.4, -0.2) is 31.9 Å². The largest absolute Gasteiger partial charge is 0.370 e. The van der Waals surface area contributed by atoms with Crippen LogP contribution in [0.15, 0.2) is 4.99 Å². The average molecular weight is 172 g/mol. The van der Waals surface area contributed by atoms with Crippen molar-refractivity contribution in [1.29, 1.82) is 0 Å². The Labute approximate surface area is 72.2 Å². The molecular formula is C7H16N4O. The average Bonchev–Trinajstić information content (AvgIpc) is 2.11. The van der Waals surface area contributed by atoms with Gasteiger partial charge in [0.1, 0.15) is 6.29 Å². The molecule has 0 aliphatic rings. The highest BCUT2D eigenvalue weighted by Gasteiger charge is 1.98. The first-order valence-corrected chi connectivity index (χ1v) is 3.87. The maximum absolute atomic E-state index is 10.1. The highest BCUT2D eigenvalue weighted by molar-refractivity contribution is 5.77. The molecular weight excluding hydrogens is 156 g/mol. The van der Waals surface area contributed by atoms with Crippen molar-refractivity contribution in [2.24, 2.45) is 16.5 Å². The van der Waals surface area contributed by atoms with E-state index in [1.165, 1.54) is 0 Å². The molecule has 0 aliphatic carbocycles. The van der Waals surface area contributed by atoms with E-state index in [-0.39, 0.29) is 6.04 Å². The fraction of sp³-hybridized carbons (Fsp3) is 0.714. The van der Waals surface area contributed by atoms with Gasteiger partial charge in [0.15, 0.2) is 5.96 Å². The molecule has 0 aliphatic heterocycles. The van der Waals surface area contributed by atoms with Gasteiger partial charge < -0.3 is 21.6 Å². The summed E-state index contributed by atoms with van der Waals surface area (Å²) in [6.45, 7) is 0.699. The fourth-order valence-electron chi connectivity index (χ4n) is 0.701. The van der Waals surface area contributed by atoms with Crippen molar-refractivity contribution in [3.8, 4) is 0 Å². The summed E-state index contributed by atoms with van der Waals surface area (Å²) in [4.78, 5) is 13.8. The van der Waals surface area contributed by atoms with Gasteiger partial charge in [-0.05, 0) is 12.8 Å². The monoisotopic (exact) mass is 172 g/mol. The first-order chi connectivity index (χ1) is 5.70. The van der Waals surface area contributed by atoms with Crippen LogP contribution < -0.4 is 16.8 Å². The molecule has 1 atom stereocenters. The smallest absolute Gasteiger partial charge is 0.188 e. The number of nitrogens with one attached hydrogen (secondary N) is 1. The zero-order valence-electron chi connectivity index (χ0n) is 7.29. The molecule has 0 heterocycles. The Balaban J connectivity index is 3.27. The number of nitrogens with two attached hydrogens (primary N) is 2. The Kier molecular flexibility index (Phi) is 6.00. The number of carbonyl (C=O) groups is 1. The topological polar surface area (TPSA) is 93.5 Å². The maximum Gasteiger partial charge on any atom is 0.188 e. The van der Waals surface area contributed by atoms with Crippen LogP contribution in [0.4, 0.5) is 0 Å². The van der Waals surface area contributed by atoms with Gasteiger partial charge in [0.2, 0.25) is 0 Å². The first kappa shape index (κ1) is 10.9. The van der Waals surface area contributed by atoms with Crippen LogP contribution in [0.2, 0.25) is 0 Å². The van der Waals surface area contributed by atoms with Gasteiger partial charge in [-0.1, -0.05) is 0 Å². The van der Waals surface area contributed by atoms with Gasteiger partial charge in [0.25, 0.3) is 0 Å². The van der Waals surface area contributed by atoms with Gasteiger partial charge in [-0.25, -0.2) is 0 Å². The lowest BCUT2D eigenvalue weighted by atomic mass is 10.2. The van der Waals surface area contributed by atoms with Crippen LogP contribution in [0.3, 0.4) is 0 Å². The van der Waals surface area contributed by atoms with Crippen molar-refractivity contribution < 1.29 is 4.79 Å². The Morgan fingerprint density at radius 3 is 2.92 bits per heavy atom. The lowest BCUT2D eigenvalue weighted by Gasteiger charge is -2.05. The third kappa shape index (κ3) is 5.67. The van der Waals surface area contributed by atoms with Crippen LogP contribution >= 0.6 is 0 Å². The van der Waals surface area contributed by atoms with Crippen LogP contribution in [-0.2, 0) is 4.79 Å². The molecule has 0 aromatic carbocycles. The van der Waals surface area contributed by atoms with Crippen molar-refractivity contribution >= 4 is 12.2 Å². The molecule has 0 rings (SSSR count). The van der Waals surface area contributed by atoms with Crippen molar-refractivity contribution in [2.45, 2.75) is 18.9 Å². The van der Waals surface area contributed by atoms with Crippen LogP contribution in [0.5, 0.6) is 0 Å². The third-order valence-electron chi connectivity index (χ3n) is 1.44. The number of aldehydes is 1. The lowest BCUT2D eigenvalue weighted by molar-refractivity contribution is -0.109. The SMILES string of the molecule is C/N=C(/N)NCCCC(N)C=O. The highest BCUT2D eigenvalue weighted by atomic mass is 16.1. The van der Waals surface area contributed by atoms with E-state index >= 15 is 0 Å². The summed E-state index contributed by atoms with van der Waals surface area (Å²) in [5.41, 5.74) is 10.7. The zero-order valence-corrected chi connectivity index (χ0v) is 7.29. The zero-order chi connectivity index (χ0) is 9.40. The van der Waals surface area contributed by atoms with Crippen molar-refractivity contribution in [2.75, 3.05) is 13.6 Å². The molecule has 0 bridgehead atoms. The summed E-state index contributed by atoms with van der Waals surface area (Å²) < 4.78 is 0. The van der Waals surface area contributed by atoms with Crippen LogP contribution in [0.1, 0.15) is 12.8 Å². The molecule has 0 fully saturated rings. The van der Waals surface area contributed by atoms with Gasteiger partial charge in [0, 0.05) is 13.6 Å². The Bertz CT molecular complexity index is 157. The summed E-state index contributed by atoms with van der Waals surface area (Å²) in [6.07, 6.45) is 2.24. The van der Waals surface area contributed by atoms with E-state index in [4.69, 9.17) is 11.5 Å². The van der Waals surface area contributed by atoms with E-state index in [2.05, 4.69) is 10.3 Å². The summed E-state index contributed by atoms with van der Waals surface area (Å²) in [6, 6.07) is -0.355. The molecule has 0 saturated carbocycles. The molecule has 0 spiro atoms. The molecule has 5 N–H and O–H groups in total. The number of hydrogen-bond donors (Lipinski definition) is 3. The molecule has 0 saturated heterocycles. The Morgan fingerprint density at radius 2 is 2.42 bits per heavy atom. The predicted octanol–water partition coefficient (Wildman–Crippen LogP) is -1.17. The molecule has 70 valence electrons. The summed E-state index contributed by atoms with van der Waals surface area (Å²) in [5, 5.41) is 2.87. The second-order valence-electron chi connectivity index (χ2n) is 2.48. The predicted molar refractivity (Wildman–Crippen MR) is 48.8 cm³/mol. The number of nitrogens with zero attached hydrogens (tertiary/aromatic N) is 1. The van der Waals surface area contributed by atoms with E-state index in [9.17, 15) is 4.79 Å². The van der Waals surface area contributed by atoms with E-state index < -0.39 is 0 Å². The molecule has 0 aromatic rings. The number of carbonyl (C=O) groups excluding carboxylic acids is 1. The summed E-state index contributed by atoms with van der Waals surface area (Å²) in [7, 11) is 1.61. The molecule has 5 heteroatoms. The number of hydrogen-bond acceptors (Lipinski definition) is 3. The minimum absolute atomic E-state index is 0.355. The van der Waals surface area contributed by atoms with E-state index in [0.717, 1.165) is 12.7 Å². The minimum atomic E-state index is -0.355. The van der Waals surface area contributed by atoms with Crippen molar-refractivity contribution in [3.63, 3.8) is 0 Å². The normalized spacial score (nSPS) is 14.0. The molecule has 0 aromatic heterocycles. The summed E-state index contributed by atoms with van der Waals surface area (Å²) >= 11 is 0. The molecule has 5 nitrogen and oxygen atoms in total. The van der Waals surface area contributed by atoms with E-state index in [1.807, 2.05) is 0 Å². The Morgan fingerprint density at radius 1 is 1.75 bits per heavy atom. The summed E-state index contributed by atoms with van der Waals surface area (Å²) in [5.74, 6) is 0.412. The van der Waals surface area contributed by atoms with E-state index in [0.29, 0.717) is 18.9 Å². The second kappa shape index (κ2) is 6.60. The van der Waals surface area contributed by atoms with Crippen molar-refractivity contribution in [3.05, 3.63) is 0 Å². The third-order valence-corrected chi connectivity index (χ3v) is 1.44. The van der Waals surface area contributed by atoms with Crippen LogP contribution in [0.25, 0.3) is 0 Å². The lowest BCUT2D eigenvalue weighted by Crippen LogP contribution is -2.33. The first-order valence-electron chi connectivity index (χ1n) is 3.87. The van der Waals surface area contributed by atoms with Gasteiger partial charge in [-0.2, -0.15) is 0 Å². The van der Waals surface area contributed by atoms with Crippen molar-refractivity contribution in [1.82, 2.24) is 5.32 Å². The standard InChI is InChI=1S/C7H16N4O/c1-10-7(9)11-4-2-3-6(8)5-12/h5-6H,2-4,8H2,1H3,(H3,9,10,11). The molecule has 1 unspecified atom stereocenters. The fourth-order valence-corrected chi connectivity index (χ4v) is 0.701. The highest BCUT2D eigenvalue weighted by Crippen LogP contribution is 1.89. The number of rotatable bonds is 5. The van der Waals surface area contributed by atoms with Crippen LogP contribution in [0, 0.1) is 0 Å². The molecule has 0 amide bonds. The number of guanidine groups is 1. The molecule has 0 radical (unpaired) electrons. The number of aliphatic imine (C=N–C) groups is 1. The second-order valence-corrected chi connectivity index (χ2v) is 2.48. The van der Waals surface area contributed by atoms with Gasteiger partial charge in [-0.3, -0.25) is 4.99 Å². The minimum Gasteiger partial charge on any atom is -0.370 e. The van der Waals surface area contributed by atoms with Gasteiger partial charge in [-0.15, -0.1) is 0 Å². The Hall–Kier alpha value is -1.10. The van der Waals surface area contributed by atoms with Gasteiger partial charge in [0.05, 0.1) is 6.04 Å². The molecule has 12 heavy (non-hydrogen) atoms. The van der Waals surface area contributed by atoms with Gasteiger partial charge >= 0.3 is 0 Å². The quantitative estimate of drug-likeness (QED) is 0.211. The maximum atomic E-state index is 10.1. The van der Waals surface area contributed by atoms with E-state index in [1.54, 1.807) is 7.05 Å².